The minimum Gasteiger partial charge on any atom is -0.493 e. The van der Waals surface area contributed by atoms with Gasteiger partial charge in [-0.1, -0.05) is 0 Å². The van der Waals surface area contributed by atoms with E-state index in [-0.39, 0.29) is 11.5 Å². The molecule has 0 saturated heterocycles. The molecule has 0 amide bonds. The Kier molecular flexibility index (Phi) is 3.80. The number of ether oxygens (including phenoxy) is 2. The van der Waals surface area contributed by atoms with Crippen LogP contribution in [0.25, 0.3) is 5.53 Å². The summed E-state index contributed by atoms with van der Waals surface area (Å²) < 4.78 is 10.1. The van der Waals surface area contributed by atoms with Gasteiger partial charge in [0.15, 0.2) is 11.5 Å². The van der Waals surface area contributed by atoms with Crippen LogP contribution >= 0.6 is 0 Å². The minimum atomic E-state index is -0.324. The monoisotopic (exact) mass is 220 g/mol. The molecular formula is C11H12N2O3. The third kappa shape index (κ3) is 2.27. The number of nitrogens with zero attached hydrogens (tertiary/aromatic N) is 2. The number of benzene rings is 1. The van der Waals surface area contributed by atoms with Crippen LogP contribution in [0.2, 0.25) is 0 Å². The van der Waals surface area contributed by atoms with Crippen molar-refractivity contribution in [2.75, 3.05) is 14.2 Å². The zero-order valence-electron chi connectivity index (χ0n) is 9.35. The molecule has 5 heteroatoms. The number of carbonyl (C=O) groups excluding carboxylic acids is 1. The average Bonchev–Trinajstić information content (AvgIpc) is 2.29. The Hall–Kier alpha value is -2.13. The van der Waals surface area contributed by atoms with Crippen LogP contribution < -0.4 is 9.47 Å². The topological polar surface area (TPSA) is 71.9 Å². The molecule has 0 N–H and O–H groups in total. The molecule has 0 radical (unpaired) electrons. The molecule has 0 bridgehead atoms. The van der Waals surface area contributed by atoms with E-state index in [1.165, 1.54) is 21.1 Å². The van der Waals surface area contributed by atoms with Crippen molar-refractivity contribution in [3.05, 3.63) is 29.3 Å². The standard InChI is InChI=1S/C11H12N2O3/c1-7(14)11(13-12)8-4-5-9(15-2)10(6-8)16-3/h4-6H,1-3H3. The predicted molar refractivity (Wildman–Crippen MR) is 58.0 cm³/mol. The van der Waals surface area contributed by atoms with Crippen molar-refractivity contribution >= 4 is 11.5 Å². The van der Waals surface area contributed by atoms with Crippen molar-refractivity contribution in [1.29, 1.82) is 0 Å². The van der Waals surface area contributed by atoms with Crippen molar-refractivity contribution in [1.82, 2.24) is 0 Å². The summed E-state index contributed by atoms with van der Waals surface area (Å²) in [4.78, 5) is 14.1. The molecule has 0 atom stereocenters. The number of ketones is 1. The second kappa shape index (κ2) is 5.09. The molecule has 0 unspecified atom stereocenters. The Labute approximate surface area is 93.2 Å². The molecule has 84 valence electrons. The van der Waals surface area contributed by atoms with E-state index >= 15 is 0 Å². The van der Waals surface area contributed by atoms with Gasteiger partial charge in [0, 0.05) is 6.92 Å². The summed E-state index contributed by atoms with van der Waals surface area (Å²) in [5, 5.41) is 0. The normalized spacial score (nSPS) is 9.19. The number of hydrogen-bond acceptors (Lipinski definition) is 3. The Morgan fingerprint density at radius 3 is 2.31 bits per heavy atom. The van der Waals surface area contributed by atoms with E-state index < -0.39 is 0 Å². The summed E-state index contributed by atoms with van der Waals surface area (Å²) >= 11 is 0. The summed E-state index contributed by atoms with van der Waals surface area (Å²) in [6, 6.07) is 4.84. The Bertz CT molecular complexity index is 462. The van der Waals surface area contributed by atoms with Crippen LogP contribution in [0.4, 0.5) is 0 Å². The highest BCUT2D eigenvalue weighted by Crippen LogP contribution is 2.27. The van der Waals surface area contributed by atoms with Crippen molar-refractivity contribution in [3.8, 4) is 11.5 Å². The van der Waals surface area contributed by atoms with Crippen LogP contribution in [0.5, 0.6) is 11.5 Å². The fourth-order valence-corrected chi connectivity index (χ4v) is 1.31. The maximum absolute atomic E-state index is 11.2. The molecule has 0 heterocycles. The van der Waals surface area contributed by atoms with Gasteiger partial charge in [0.1, 0.15) is 0 Å². The highest BCUT2D eigenvalue weighted by Gasteiger charge is 2.19. The van der Waals surface area contributed by atoms with E-state index in [0.29, 0.717) is 17.1 Å². The van der Waals surface area contributed by atoms with Crippen LogP contribution in [0, 0.1) is 0 Å². The van der Waals surface area contributed by atoms with Gasteiger partial charge in [-0.15, -0.1) is 0 Å². The van der Waals surface area contributed by atoms with E-state index in [2.05, 4.69) is 4.79 Å². The summed E-state index contributed by atoms with van der Waals surface area (Å²) in [5.41, 5.74) is 9.20. The lowest BCUT2D eigenvalue weighted by atomic mass is 10.1. The zero-order valence-corrected chi connectivity index (χ0v) is 9.35. The molecule has 0 saturated carbocycles. The van der Waals surface area contributed by atoms with Crippen molar-refractivity contribution in [2.45, 2.75) is 6.92 Å². The van der Waals surface area contributed by atoms with Crippen molar-refractivity contribution in [2.24, 2.45) is 0 Å². The summed E-state index contributed by atoms with van der Waals surface area (Å²) in [6.07, 6.45) is 0. The fraction of sp³-hybridized carbons (Fsp3) is 0.273. The summed E-state index contributed by atoms with van der Waals surface area (Å²) in [6.45, 7) is 1.33. The van der Waals surface area contributed by atoms with Gasteiger partial charge in [-0.2, -0.15) is 4.79 Å². The van der Waals surface area contributed by atoms with Gasteiger partial charge in [0.05, 0.1) is 19.8 Å². The predicted octanol–water partition coefficient (Wildman–Crippen LogP) is 1.31. The molecule has 0 spiro atoms. The molecule has 0 aliphatic heterocycles. The van der Waals surface area contributed by atoms with Gasteiger partial charge in [-0.05, 0) is 18.2 Å². The van der Waals surface area contributed by atoms with E-state index in [1.807, 2.05) is 0 Å². The number of rotatable bonds is 4. The third-order valence-electron chi connectivity index (χ3n) is 2.09. The number of carbonyl (C=O) groups is 1. The largest absolute Gasteiger partial charge is 0.493 e. The number of methoxy groups -OCH3 is 2. The quantitative estimate of drug-likeness (QED) is 0.436. The fourth-order valence-electron chi connectivity index (χ4n) is 1.31. The maximum atomic E-state index is 11.2. The molecule has 16 heavy (non-hydrogen) atoms. The van der Waals surface area contributed by atoms with Crippen LogP contribution in [0.1, 0.15) is 12.5 Å². The lowest BCUT2D eigenvalue weighted by Gasteiger charge is -2.07. The molecule has 0 aliphatic carbocycles. The van der Waals surface area contributed by atoms with Crippen LogP contribution in [0.3, 0.4) is 0 Å². The Morgan fingerprint density at radius 2 is 1.88 bits per heavy atom. The summed E-state index contributed by atoms with van der Waals surface area (Å²) in [7, 11) is 3.01. The SMILES string of the molecule is COc1ccc(C(=[N+]=[N-])C(C)=O)cc1OC. The second-order valence-corrected chi connectivity index (χ2v) is 3.07. The lowest BCUT2D eigenvalue weighted by molar-refractivity contribution is -0.115. The highest BCUT2D eigenvalue weighted by molar-refractivity contribution is 6.43. The third-order valence-corrected chi connectivity index (χ3v) is 2.09. The molecule has 5 nitrogen and oxygen atoms in total. The molecule has 1 aromatic carbocycles. The average molecular weight is 220 g/mol. The van der Waals surface area contributed by atoms with E-state index in [4.69, 9.17) is 15.0 Å². The zero-order chi connectivity index (χ0) is 12.1. The van der Waals surface area contributed by atoms with Crippen molar-refractivity contribution < 1.29 is 19.1 Å². The molecule has 0 aliphatic rings. The van der Waals surface area contributed by atoms with Gasteiger partial charge >= 0.3 is 5.71 Å². The first-order valence-electron chi connectivity index (χ1n) is 4.59. The van der Waals surface area contributed by atoms with Crippen LogP contribution in [-0.2, 0) is 4.79 Å². The molecule has 1 aromatic rings. The first-order chi connectivity index (χ1) is 7.63. The smallest absolute Gasteiger partial charge is 0.364 e. The lowest BCUT2D eigenvalue weighted by Crippen LogP contribution is -2.12. The van der Waals surface area contributed by atoms with E-state index in [1.54, 1.807) is 18.2 Å². The Balaban J connectivity index is 3.27. The number of hydrogen-bond donors (Lipinski definition) is 0. The molecule has 0 fully saturated rings. The van der Waals surface area contributed by atoms with Gasteiger partial charge in [-0.25, -0.2) is 0 Å². The summed E-state index contributed by atoms with van der Waals surface area (Å²) in [5.74, 6) is 0.698. The van der Waals surface area contributed by atoms with Gasteiger partial charge in [-0.3, -0.25) is 4.79 Å². The molecule has 0 aromatic heterocycles. The number of Topliss-reactive ketones (excluding diaryl/α,β-unsaturated/α-hetero) is 1. The van der Waals surface area contributed by atoms with Gasteiger partial charge in [0.25, 0.3) is 0 Å². The molecular weight excluding hydrogens is 208 g/mol. The minimum absolute atomic E-state index is 0.0130. The maximum Gasteiger partial charge on any atom is 0.364 e. The van der Waals surface area contributed by atoms with Crippen LogP contribution in [-0.4, -0.2) is 30.5 Å². The van der Waals surface area contributed by atoms with Crippen LogP contribution in [0.15, 0.2) is 18.2 Å². The molecule has 1 rings (SSSR count). The highest BCUT2D eigenvalue weighted by atomic mass is 16.5. The second-order valence-electron chi connectivity index (χ2n) is 3.07. The van der Waals surface area contributed by atoms with Gasteiger partial charge < -0.3 is 15.0 Å². The first-order valence-corrected chi connectivity index (χ1v) is 4.59. The van der Waals surface area contributed by atoms with E-state index in [0.717, 1.165) is 0 Å². The van der Waals surface area contributed by atoms with Crippen molar-refractivity contribution in [3.63, 3.8) is 0 Å². The first kappa shape index (κ1) is 11.9. The van der Waals surface area contributed by atoms with Gasteiger partial charge in [0.2, 0.25) is 5.78 Å². The van der Waals surface area contributed by atoms with E-state index in [9.17, 15) is 4.79 Å². The Morgan fingerprint density at radius 1 is 1.25 bits per heavy atom.